The molecule has 1 unspecified atom stereocenters. The van der Waals surface area contributed by atoms with Gasteiger partial charge < -0.3 is 4.40 Å². The largest absolute Gasteiger partial charge is 0.302 e. The number of hydrogen-bond acceptors (Lipinski definition) is 3. The molecular formula is C15H12ClN3O2. The van der Waals surface area contributed by atoms with Gasteiger partial charge in [-0.05, 0) is 19.1 Å². The molecule has 3 aromatic rings. The molecule has 1 atom stereocenters. The molecule has 0 radical (unpaired) electrons. The van der Waals surface area contributed by atoms with E-state index in [-0.39, 0.29) is 11.1 Å². The Morgan fingerprint density at radius 3 is 2.81 bits per heavy atom. The highest BCUT2D eigenvalue weighted by Gasteiger charge is 2.19. The van der Waals surface area contributed by atoms with Gasteiger partial charge in [-0.2, -0.15) is 0 Å². The molecule has 0 aliphatic rings. The van der Waals surface area contributed by atoms with Crippen LogP contribution in [0.3, 0.4) is 0 Å². The number of nitro groups is 1. The highest BCUT2D eigenvalue weighted by molar-refractivity contribution is 6.20. The van der Waals surface area contributed by atoms with Crippen LogP contribution in [-0.4, -0.2) is 14.3 Å². The second kappa shape index (κ2) is 5.18. The van der Waals surface area contributed by atoms with E-state index < -0.39 is 4.92 Å². The summed E-state index contributed by atoms with van der Waals surface area (Å²) in [6.07, 6.45) is 1.89. The molecule has 0 saturated carbocycles. The van der Waals surface area contributed by atoms with Crippen LogP contribution in [-0.2, 0) is 0 Å². The van der Waals surface area contributed by atoms with Crippen molar-refractivity contribution in [3.63, 3.8) is 0 Å². The fourth-order valence-electron chi connectivity index (χ4n) is 2.37. The first-order valence-electron chi connectivity index (χ1n) is 6.44. The van der Waals surface area contributed by atoms with Crippen molar-refractivity contribution in [1.29, 1.82) is 0 Å². The smallest absolute Gasteiger partial charge is 0.270 e. The summed E-state index contributed by atoms with van der Waals surface area (Å²) in [5.41, 5.74) is 3.00. The maximum absolute atomic E-state index is 10.9. The lowest BCUT2D eigenvalue weighted by atomic mass is 10.1. The first-order valence-corrected chi connectivity index (χ1v) is 6.87. The van der Waals surface area contributed by atoms with Crippen molar-refractivity contribution in [3.8, 4) is 11.3 Å². The Bertz CT molecular complexity index is 827. The Labute approximate surface area is 126 Å². The van der Waals surface area contributed by atoms with Crippen LogP contribution in [0.1, 0.15) is 18.0 Å². The maximum atomic E-state index is 10.9. The van der Waals surface area contributed by atoms with Crippen LogP contribution < -0.4 is 0 Å². The number of benzene rings is 1. The number of hydrogen-bond donors (Lipinski definition) is 0. The minimum Gasteiger partial charge on any atom is -0.302 e. The van der Waals surface area contributed by atoms with Crippen molar-refractivity contribution in [1.82, 2.24) is 9.38 Å². The molecule has 0 bridgehead atoms. The van der Waals surface area contributed by atoms with Crippen LogP contribution in [0.5, 0.6) is 0 Å². The quantitative estimate of drug-likeness (QED) is 0.413. The Morgan fingerprint density at radius 2 is 2.10 bits per heavy atom. The van der Waals surface area contributed by atoms with E-state index in [0.29, 0.717) is 11.3 Å². The molecule has 1 aromatic carbocycles. The van der Waals surface area contributed by atoms with Crippen molar-refractivity contribution < 1.29 is 4.92 Å². The highest BCUT2D eigenvalue weighted by atomic mass is 35.5. The SMILES string of the molecule is CC(Cl)c1c(-c2cccc([N+](=O)[O-])c2)nc2ccccn12. The molecule has 0 spiro atoms. The molecule has 2 aromatic heterocycles. The van der Waals surface area contributed by atoms with Crippen molar-refractivity contribution >= 4 is 22.9 Å². The topological polar surface area (TPSA) is 60.4 Å². The van der Waals surface area contributed by atoms with Gasteiger partial charge in [0.05, 0.1) is 21.7 Å². The molecule has 0 amide bonds. The summed E-state index contributed by atoms with van der Waals surface area (Å²) in [7, 11) is 0. The van der Waals surface area contributed by atoms with Gasteiger partial charge in [-0.1, -0.05) is 18.2 Å². The summed E-state index contributed by atoms with van der Waals surface area (Å²) in [6, 6.07) is 12.1. The molecule has 3 rings (SSSR count). The lowest BCUT2D eigenvalue weighted by Crippen LogP contribution is -1.95. The van der Waals surface area contributed by atoms with Gasteiger partial charge in [0.1, 0.15) is 5.65 Å². The van der Waals surface area contributed by atoms with Crippen molar-refractivity contribution in [2.24, 2.45) is 0 Å². The van der Waals surface area contributed by atoms with E-state index in [1.54, 1.807) is 12.1 Å². The number of rotatable bonds is 3. The number of alkyl halides is 1. The summed E-state index contributed by atoms with van der Waals surface area (Å²) in [6.45, 7) is 1.86. The van der Waals surface area contributed by atoms with Gasteiger partial charge >= 0.3 is 0 Å². The minimum atomic E-state index is -0.414. The first kappa shape index (κ1) is 13.6. The lowest BCUT2D eigenvalue weighted by Gasteiger charge is -2.06. The summed E-state index contributed by atoms with van der Waals surface area (Å²) in [5, 5.41) is 10.7. The second-order valence-corrected chi connectivity index (χ2v) is 5.35. The number of non-ortho nitro benzene ring substituents is 1. The molecule has 0 fully saturated rings. The summed E-state index contributed by atoms with van der Waals surface area (Å²) in [4.78, 5) is 15.1. The maximum Gasteiger partial charge on any atom is 0.270 e. The fraction of sp³-hybridized carbons (Fsp3) is 0.133. The van der Waals surface area contributed by atoms with Gasteiger partial charge in [-0.3, -0.25) is 10.1 Å². The average molecular weight is 302 g/mol. The Hall–Kier alpha value is -2.40. The predicted molar refractivity (Wildman–Crippen MR) is 81.6 cm³/mol. The van der Waals surface area contributed by atoms with E-state index in [2.05, 4.69) is 4.98 Å². The molecule has 106 valence electrons. The third-order valence-corrected chi connectivity index (χ3v) is 3.48. The summed E-state index contributed by atoms with van der Waals surface area (Å²) < 4.78 is 1.91. The number of nitro benzene ring substituents is 1. The molecule has 6 heteroatoms. The monoisotopic (exact) mass is 301 g/mol. The first-order chi connectivity index (χ1) is 10.1. The molecule has 0 N–H and O–H groups in total. The summed E-state index contributed by atoms with van der Waals surface area (Å²) in [5.74, 6) is 0. The van der Waals surface area contributed by atoms with Crippen LogP contribution in [0, 0.1) is 10.1 Å². The van der Waals surface area contributed by atoms with Gasteiger partial charge in [0.25, 0.3) is 5.69 Å². The van der Waals surface area contributed by atoms with Gasteiger partial charge in [-0.25, -0.2) is 4.98 Å². The van der Waals surface area contributed by atoms with Crippen LogP contribution in [0.4, 0.5) is 5.69 Å². The van der Waals surface area contributed by atoms with Crippen molar-refractivity contribution in [2.45, 2.75) is 12.3 Å². The Morgan fingerprint density at radius 1 is 1.29 bits per heavy atom. The van der Waals surface area contributed by atoms with Crippen molar-refractivity contribution in [2.75, 3.05) is 0 Å². The number of pyridine rings is 1. The van der Waals surface area contributed by atoms with Gasteiger partial charge in [0.15, 0.2) is 0 Å². The van der Waals surface area contributed by atoms with Gasteiger partial charge in [-0.15, -0.1) is 11.6 Å². The number of nitrogens with zero attached hydrogens (tertiary/aromatic N) is 3. The third kappa shape index (κ3) is 2.36. The molecule has 0 saturated heterocycles. The molecule has 0 aliphatic heterocycles. The molecule has 0 aliphatic carbocycles. The van der Waals surface area contributed by atoms with E-state index in [4.69, 9.17) is 11.6 Å². The predicted octanol–water partition coefficient (Wildman–Crippen LogP) is 4.21. The number of fused-ring (bicyclic) bond motifs is 1. The average Bonchev–Trinajstić information content (AvgIpc) is 2.87. The highest BCUT2D eigenvalue weighted by Crippen LogP contribution is 2.33. The van der Waals surface area contributed by atoms with E-state index in [9.17, 15) is 10.1 Å². The zero-order valence-corrected chi connectivity index (χ0v) is 12.0. The molecule has 2 heterocycles. The van der Waals surface area contributed by atoms with E-state index in [0.717, 1.165) is 11.3 Å². The Kier molecular flexibility index (Phi) is 3.35. The summed E-state index contributed by atoms with van der Waals surface area (Å²) >= 11 is 6.29. The number of imidazole rings is 1. The van der Waals surface area contributed by atoms with E-state index >= 15 is 0 Å². The van der Waals surface area contributed by atoms with Gasteiger partial charge in [0.2, 0.25) is 0 Å². The number of aromatic nitrogens is 2. The molecule has 21 heavy (non-hydrogen) atoms. The Balaban J connectivity index is 2.27. The second-order valence-electron chi connectivity index (χ2n) is 4.70. The van der Waals surface area contributed by atoms with Crippen LogP contribution >= 0.6 is 11.6 Å². The zero-order valence-electron chi connectivity index (χ0n) is 11.2. The van der Waals surface area contributed by atoms with Crippen LogP contribution in [0.15, 0.2) is 48.7 Å². The molecular weight excluding hydrogens is 290 g/mol. The van der Waals surface area contributed by atoms with E-state index in [1.165, 1.54) is 12.1 Å². The normalized spacial score (nSPS) is 12.5. The zero-order chi connectivity index (χ0) is 15.0. The van der Waals surface area contributed by atoms with Crippen molar-refractivity contribution in [3.05, 3.63) is 64.5 Å². The van der Waals surface area contributed by atoms with E-state index in [1.807, 2.05) is 35.7 Å². The van der Waals surface area contributed by atoms with Crippen LogP contribution in [0.2, 0.25) is 0 Å². The molecule has 5 nitrogen and oxygen atoms in total. The van der Waals surface area contributed by atoms with Crippen LogP contribution in [0.25, 0.3) is 16.9 Å². The lowest BCUT2D eigenvalue weighted by molar-refractivity contribution is -0.384. The standard InChI is InChI=1S/C15H12ClN3O2/c1-10(16)15-14(17-13-7-2-3-8-18(13)15)11-5-4-6-12(9-11)19(20)21/h2-10H,1H3. The van der Waals surface area contributed by atoms with Gasteiger partial charge in [0, 0.05) is 23.9 Å². The third-order valence-electron chi connectivity index (χ3n) is 3.27. The minimum absolute atomic E-state index is 0.0396. The number of halogens is 1. The fourth-order valence-corrected chi connectivity index (χ4v) is 2.58.